The summed E-state index contributed by atoms with van der Waals surface area (Å²) >= 11 is 0. The molecule has 1 amide bonds. The van der Waals surface area contributed by atoms with Gasteiger partial charge in [-0.05, 0) is 54.8 Å². The first-order chi connectivity index (χ1) is 13.5. The van der Waals surface area contributed by atoms with E-state index in [4.69, 9.17) is 4.74 Å². The molecule has 1 aliphatic rings. The Morgan fingerprint density at radius 2 is 1.75 bits per heavy atom. The van der Waals surface area contributed by atoms with E-state index >= 15 is 0 Å². The van der Waals surface area contributed by atoms with Gasteiger partial charge in [0.1, 0.15) is 0 Å². The third-order valence-corrected chi connectivity index (χ3v) is 6.69. The van der Waals surface area contributed by atoms with Crippen LogP contribution in [0.2, 0.25) is 0 Å². The van der Waals surface area contributed by atoms with Crippen molar-refractivity contribution in [1.82, 2.24) is 14.2 Å². The Morgan fingerprint density at radius 3 is 2.36 bits per heavy atom. The zero-order chi connectivity index (χ0) is 20.0. The highest BCUT2D eigenvalue weighted by Gasteiger charge is 2.27. The maximum absolute atomic E-state index is 13.0. The molecule has 0 bridgehead atoms. The lowest BCUT2D eigenvalue weighted by Gasteiger charge is -2.23. The van der Waals surface area contributed by atoms with Gasteiger partial charge < -0.3 is 9.64 Å². The lowest BCUT2D eigenvalue weighted by atomic mass is 10.1. The highest BCUT2D eigenvalue weighted by Crippen LogP contribution is 2.21. The molecule has 3 rings (SSSR count). The summed E-state index contributed by atoms with van der Waals surface area (Å²) in [5.74, 6) is -0.168. The molecule has 1 aromatic carbocycles. The van der Waals surface area contributed by atoms with Crippen LogP contribution in [0.25, 0.3) is 0 Å². The highest BCUT2D eigenvalue weighted by molar-refractivity contribution is 7.89. The molecule has 0 aliphatic carbocycles. The summed E-state index contributed by atoms with van der Waals surface area (Å²) in [6, 6.07) is 9.91. The van der Waals surface area contributed by atoms with Crippen molar-refractivity contribution in [2.45, 2.75) is 24.3 Å². The number of nitrogens with zero attached hydrogens (tertiary/aromatic N) is 3. The summed E-state index contributed by atoms with van der Waals surface area (Å²) < 4.78 is 31.9. The quantitative estimate of drug-likeness (QED) is 0.675. The van der Waals surface area contributed by atoms with E-state index in [0.717, 1.165) is 18.4 Å². The molecule has 1 saturated heterocycles. The number of carbonyl (C=O) groups excluding carboxylic acids is 1. The van der Waals surface area contributed by atoms with E-state index < -0.39 is 10.0 Å². The second kappa shape index (κ2) is 9.27. The van der Waals surface area contributed by atoms with Gasteiger partial charge >= 0.3 is 0 Å². The Hall–Kier alpha value is -2.29. The number of sulfonamides is 1. The van der Waals surface area contributed by atoms with Gasteiger partial charge in [0.2, 0.25) is 10.0 Å². The number of hydrogen-bond donors (Lipinski definition) is 0. The molecule has 0 atom stereocenters. The van der Waals surface area contributed by atoms with E-state index in [1.165, 1.54) is 16.4 Å². The van der Waals surface area contributed by atoms with E-state index in [9.17, 15) is 13.2 Å². The SMILES string of the molecule is COCCN(Cc1ccncc1)C(=O)c1ccc(S(=O)(=O)N2CCCC2)cc1. The minimum absolute atomic E-state index is 0.168. The van der Waals surface area contributed by atoms with Crippen LogP contribution in [0.3, 0.4) is 0 Å². The van der Waals surface area contributed by atoms with Gasteiger partial charge in [0, 0.05) is 51.2 Å². The fraction of sp³-hybridized carbons (Fsp3) is 0.400. The van der Waals surface area contributed by atoms with Gasteiger partial charge in [0.25, 0.3) is 5.91 Å². The number of pyridine rings is 1. The summed E-state index contributed by atoms with van der Waals surface area (Å²) in [6.45, 7) is 2.39. The minimum atomic E-state index is -3.48. The van der Waals surface area contributed by atoms with E-state index in [0.29, 0.717) is 38.3 Å². The van der Waals surface area contributed by atoms with Crippen molar-refractivity contribution in [1.29, 1.82) is 0 Å². The van der Waals surface area contributed by atoms with Gasteiger partial charge in [0.05, 0.1) is 11.5 Å². The first-order valence-corrected chi connectivity index (χ1v) is 10.7. The van der Waals surface area contributed by atoms with Crippen LogP contribution < -0.4 is 0 Å². The molecule has 0 radical (unpaired) electrons. The third-order valence-electron chi connectivity index (χ3n) is 4.78. The van der Waals surface area contributed by atoms with Crippen molar-refractivity contribution >= 4 is 15.9 Å². The molecule has 2 heterocycles. The molecule has 2 aromatic rings. The fourth-order valence-electron chi connectivity index (χ4n) is 3.19. The second-order valence-corrected chi connectivity index (χ2v) is 8.65. The number of methoxy groups -OCH3 is 1. The van der Waals surface area contributed by atoms with Crippen LogP contribution in [-0.2, 0) is 21.3 Å². The number of amides is 1. The molecular formula is C20H25N3O4S. The maximum Gasteiger partial charge on any atom is 0.254 e. The van der Waals surface area contributed by atoms with E-state index in [1.54, 1.807) is 36.5 Å². The Kier molecular flexibility index (Phi) is 6.77. The van der Waals surface area contributed by atoms with Crippen molar-refractivity contribution in [2.75, 3.05) is 33.4 Å². The predicted molar refractivity (Wildman–Crippen MR) is 105 cm³/mol. The molecule has 8 heteroatoms. The number of hydrogen-bond acceptors (Lipinski definition) is 5. The van der Waals surface area contributed by atoms with E-state index in [2.05, 4.69) is 4.98 Å². The van der Waals surface area contributed by atoms with Crippen molar-refractivity contribution < 1.29 is 17.9 Å². The zero-order valence-corrected chi connectivity index (χ0v) is 16.8. The lowest BCUT2D eigenvalue weighted by molar-refractivity contribution is 0.0680. The number of aromatic nitrogens is 1. The van der Waals surface area contributed by atoms with Gasteiger partial charge in [-0.25, -0.2) is 8.42 Å². The second-order valence-electron chi connectivity index (χ2n) is 6.71. The van der Waals surface area contributed by atoms with Crippen LogP contribution in [0.5, 0.6) is 0 Å². The summed E-state index contributed by atoms with van der Waals surface area (Å²) in [5.41, 5.74) is 1.42. The van der Waals surface area contributed by atoms with Crippen molar-refractivity contribution in [3.8, 4) is 0 Å². The van der Waals surface area contributed by atoms with Crippen LogP contribution in [0.1, 0.15) is 28.8 Å². The first kappa shape index (κ1) is 20.4. The van der Waals surface area contributed by atoms with Crippen LogP contribution in [0, 0.1) is 0 Å². The molecule has 150 valence electrons. The lowest BCUT2D eigenvalue weighted by Crippen LogP contribution is -2.33. The number of ether oxygens (including phenoxy) is 1. The van der Waals surface area contributed by atoms with E-state index in [-0.39, 0.29) is 10.8 Å². The monoisotopic (exact) mass is 403 g/mol. The summed E-state index contributed by atoms with van der Waals surface area (Å²) in [5, 5.41) is 0. The maximum atomic E-state index is 13.0. The topological polar surface area (TPSA) is 79.8 Å². The molecule has 28 heavy (non-hydrogen) atoms. The molecule has 0 saturated carbocycles. The fourth-order valence-corrected chi connectivity index (χ4v) is 4.71. The van der Waals surface area contributed by atoms with Crippen LogP contribution in [0.4, 0.5) is 0 Å². The standard InChI is InChI=1S/C20H25N3O4S/c1-27-15-14-22(16-17-8-10-21-11-9-17)20(24)18-4-6-19(7-5-18)28(25,26)23-12-2-3-13-23/h4-11H,2-3,12-16H2,1H3. The Bertz CT molecular complexity index is 879. The Morgan fingerprint density at radius 1 is 1.11 bits per heavy atom. The van der Waals surface area contributed by atoms with Gasteiger partial charge in [-0.2, -0.15) is 4.31 Å². The molecule has 1 aliphatic heterocycles. The average Bonchev–Trinajstić information content (AvgIpc) is 3.27. The van der Waals surface area contributed by atoms with Gasteiger partial charge in [0.15, 0.2) is 0 Å². The van der Waals surface area contributed by atoms with Crippen LogP contribution >= 0.6 is 0 Å². The molecular weight excluding hydrogens is 378 g/mol. The number of rotatable bonds is 8. The summed E-state index contributed by atoms with van der Waals surface area (Å²) in [4.78, 5) is 18.9. The highest BCUT2D eigenvalue weighted by atomic mass is 32.2. The molecule has 7 nitrogen and oxygen atoms in total. The Labute approximate surface area is 166 Å². The number of benzene rings is 1. The van der Waals surface area contributed by atoms with Crippen molar-refractivity contribution in [2.24, 2.45) is 0 Å². The van der Waals surface area contributed by atoms with Gasteiger partial charge in [-0.3, -0.25) is 9.78 Å². The molecule has 1 aromatic heterocycles. The third kappa shape index (κ3) is 4.76. The van der Waals surface area contributed by atoms with Gasteiger partial charge in [-0.15, -0.1) is 0 Å². The largest absolute Gasteiger partial charge is 0.383 e. The summed E-state index contributed by atoms with van der Waals surface area (Å²) in [7, 11) is -1.89. The van der Waals surface area contributed by atoms with E-state index in [1.807, 2.05) is 12.1 Å². The summed E-state index contributed by atoms with van der Waals surface area (Å²) in [6.07, 6.45) is 5.15. The molecule has 1 fully saturated rings. The average molecular weight is 404 g/mol. The Balaban J connectivity index is 1.77. The first-order valence-electron chi connectivity index (χ1n) is 9.29. The predicted octanol–water partition coefficient (Wildman–Crippen LogP) is 2.15. The smallest absolute Gasteiger partial charge is 0.254 e. The van der Waals surface area contributed by atoms with Crippen molar-refractivity contribution in [3.63, 3.8) is 0 Å². The molecule has 0 spiro atoms. The number of carbonyl (C=O) groups is 1. The van der Waals surface area contributed by atoms with Crippen molar-refractivity contribution in [3.05, 3.63) is 59.9 Å². The molecule has 0 N–H and O–H groups in total. The normalized spacial score (nSPS) is 14.9. The molecule has 0 unspecified atom stereocenters. The zero-order valence-electron chi connectivity index (χ0n) is 16.0. The van der Waals surface area contributed by atoms with Gasteiger partial charge in [-0.1, -0.05) is 0 Å². The van der Waals surface area contributed by atoms with Crippen LogP contribution in [-0.4, -0.2) is 61.9 Å². The minimum Gasteiger partial charge on any atom is -0.383 e. The van der Waals surface area contributed by atoms with Crippen LogP contribution in [0.15, 0.2) is 53.7 Å².